The van der Waals surface area contributed by atoms with Gasteiger partial charge in [0.25, 0.3) is 0 Å². The Kier molecular flexibility index (Phi) is 3.07. The first-order chi connectivity index (χ1) is 9.17. The maximum absolute atomic E-state index is 13.8. The average molecular weight is 301 g/mol. The first-order valence-corrected chi connectivity index (χ1v) is 6.40. The Balaban J connectivity index is 2.30. The molecule has 0 radical (unpaired) electrons. The summed E-state index contributed by atoms with van der Waals surface area (Å²) in [6, 6.07) is 8.34. The van der Waals surface area contributed by atoms with Crippen molar-refractivity contribution in [1.29, 1.82) is 0 Å². The van der Waals surface area contributed by atoms with Crippen molar-refractivity contribution < 1.29 is 23.8 Å². The average Bonchev–Trinajstić information content (AvgIpc) is 2.38. The number of hydrogen-bond acceptors (Lipinski definition) is 3. The first-order valence-electron chi connectivity index (χ1n) is 5.91. The van der Waals surface area contributed by atoms with Gasteiger partial charge in [-0.25, -0.2) is 0 Å². The molecule has 0 spiro atoms. The number of benzene rings is 2. The molecule has 2 aliphatic rings. The predicted octanol–water partition coefficient (Wildman–Crippen LogP) is 3.58. The molecular formula is C14H11FN2NiO. The van der Waals surface area contributed by atoms with Crippen LogP contribution in [0.5, 0.6) is 0 Å². The van der Waals surface area contributed by atoms with Gasteiger partial charge in [-0.05, 0) is 0 Å². The van der Waals surface area contributed by atoms with Crippen LogP contribution < -0.4 is 5.32 Å². The second-order valence-electron chi connectivity index (χ2n) is 4.12. The van der Waals surface area contributed by atoms with E-state index >= 15 is 0 Å². The minimum atomic E-state index is -0.335. The van der Waals surface area contributed by atoms with Crippen molar-refractivity contribution in [1.82, 2.24) is 4.98 Å². The van der Waals surface area contributed by atoms with Gasteiger partial charge in [0.05, 0.1) is 0 Å². The molecule has 0 saturated heterocycles. The predicted molar refractivity (Wildman–Crippen MR) is 68.0 cm³/mol. The van der Waals surface area contributed by atoms with E-state index in [4.69, 9.17) is 19.4 Å². The van der Waals surface area contributed by atoms with E-state index in [0.717, 1.165) is 4.14 Å². The van der Waals surface area contributed by atoms with Gasteiger partial charge >= 0.3 is 116 Å². The molecule has 1 aromatic rings. The monoisotopic (exact) mass is 300 g/mol. The Labute approximate surface area is 116 Å². The van der Waals surface area contributed by atoms with Crippen molar-refractivity contribution in [3.8, 4) is 11.5 Å². The summed E-state index contributed by atoms with van der Waals surface area (Å²) >= 11 is 4.78. The van der Waals surface area contributed by atoms with Crippen LogP contribution in [0.25, 0.3) is 22.6 Å². The number of hydrogen-bond donors (Lipinski definition) is 1. The fourth-order valence-electron chi connectivity index (χ4n) is 1.94. The number of nitrogens with one attached hydrogen (secondary N) is 1. The third-order valence-electron chi connectivity index (χ3n) is 2.78. The van der Waals surface area contributed by atoms with Crippen LogP contribution >= 0.6 is 0 Å². The summed E-state index contributed by atoms with van der Waals surface area (Å²) in [4.78, 5) is 4.38. The van der Waals surface area contributed by atoms with Crippen molar-refractivity contribution >= 4 is 16.8 Å². The van der Waals surface area contributed by atoms with Crippen LogP contribution in [0.4, 0.5) is 10.1 Å². The zero-order valence-corrected chi connectivity index (χ0v) is 11.1. The summed E-state index contributed by atoms with van der Waals surface area (Å²) in [5.74, 6) is 0.281. The van der Waals surface area contributed by atoms with E-state index in [1.165, 1.54) is 6.07 Å². The van der Waals surface area contributed by atoms with Crippen molar-refractivity contribution in [2.45, 2.75) is 6.92 Å². The Morgan fingerprint density at radius 1 is 1.32 bits per heavy atom. The molecule has 0 atom stereocenters. The molecule has 1 aliphatic carbocycles. The van der Waals surface area contributed by atoms with Crippen LogP contribution in [0.3, 0.4) is 0 Å². The number of anilines is 1. The maximum atomic E-state index is 13.8. The van der Waals surface area contributed by atoms with Crippen LogP contribution in [0.1, 0.15) is 6.92 Å². The van der Waals surface area contributed by atoms with Gasteiger partial charge in [0.1, 0.15) is 0 Å². The van der Waals surface area contributed by atoms with Gasteiger partial charge in [-0.15, -0.1) is 0 Å². The van der Waals surface area contributed by atoms with E-state index in [-0.39, 0.29) is 5.82 Å². The molecule has 0 amide bonds. The molecule has 0 aromatic heterocycles. The number of aromatic nitrogens is 1. The molecule has 1 N–H and O–H groups in total. The van der Waals surface area contributed by atoms with Crippen LogP contribution in [-0.4, -0.2) is 11.5 Å². The van der Waals surface area contributed by atoms with Crippen molar-refractivity contribution in [2.75, 3.05) is 11.9 Å². The molecule has 1 aliphatic heterocycles. The van der Waals surface area contributed by atoms with Gasteiger partial charge in [0.2, 0.25) is 0 Å². The zero-order valence-electron chi connectivity index (χ0n) is 10.1. The third kappa shape index (κ3) is 2.26. The van der Waals surface area contributed by atoms with Crippen molar-refractivity contribution in [2.24, 2.45) is 0 Å². The quantitative estimate of drug-likeness (QED) is 0.581. The summed E-state index contributed by atoms with van der Waals surface area (Å²) in [5, 5.41) is 2.95. The van der Waals surface area contributed by atoms with Crippen molar-refractivity contribution in [3.63, 3.8) is 0 Å². The molecule has 5 heteroatoms. The standard InChI is InChI=1S/C14H11FN2O.Ni/c1-2-16-11-8-14-12(7-9(11)15)17-10-5-3-4-6-13(10)18-14;/h3,5-8,16H,2H2,1H3;. The summed E-state index contributed by atoms with van der Waals surface area (Å²) in [5.41, 5.74) is 2.11. The molecular weight excluding hydrogens is 290 g/mol. The number of rotatable bonds is 2. The fourth-order valence-corrected chi connectivity index (χ4v) is 2.15. The molecule has 3 rings (SSSR count). The van der Waals surface area contributed by atoms with E-state index in [9.17, 15) is 4.39 Å². The zero-order chi connectivity index (χ0) is 13.4. The topological polar surface area (TPSA) is 38.1 Å². The third-order valence-corrected chi connectivity index (χ3v) is 3.09. The van der Waals surface area contributed by atoms with E-state index in [2.05, 4.69) is 10.3 Å². The fraction of sp³-hybridized carbons (Fsp3) is 0.143. The Morgan fingerprint density at radius 2 is 2.16 bits per heavy atom. The second-order valence-corrected chi connectivity index (χ2v) is 4.69. The Hall–Kier alpha value is -1.74. The molecule has 1 heterocycles. The normalized spacial score (nSPS) is 11.2. The summed E-state index contributed by atoms with van der Waals surface area (Å²) in [6.07, 6.45) is 0. The number of nitrogens with zero attached hydrogens (tertiary/aromatic N) is 1. The molecule has 19 heavy (non-hydrogen) atoms. The first kappa shape index (κ1) is 12.3. The molecule has 0 fully saturated rings. The van der Waals surface area contributed by atoms with Gasteiger partial charge in [0.15, 0.2) is 0 Å². The van der Waals surface area contributed by atoms with Crippen LogP contribution in [0, 0.1) is 9.95 Å². The van der Waals surface area contributed by atoms with Crippen LogP contribution in [-0.2, 0) is 15.0 Å². The molecule has 0 saturated carbocycles. The van der Waals surface area contributed by atoms with E-state index in [1.54, 1.807) is 24.3 Å². The second kappa shape index (κ2) is 4.74. The molecule has 0 unspecified atom stereocenters. The summed E-state index contributed by atoms with van der Waals surface area (Å²) in [7, 11) is 0. The summed E-state index contributed by atoms with van der Waals surface area (Å²) in [6.45, 7) is 2.55. The van der Waals surface area contributed by atoms with Gasteiger partial charge in [-0.3, -0.25) is 0 Å². The SMILES string of the molecule is CCNc1cc2oc3c[c](=[Ni])ccc-3nc2cc1F. The number of halogens is 1. The minimum absolute atomic E-state index is 0.335. The van der Waals surface area contributed by atoms with Crippen LogP contribution in [0.15, 0.2) is 34.7 Å². The molecule has 3 nitrogen and oxygen atoms in total. The van der Waals surface area contributed by atoms with Gasteiger partial charge in [0, 0.05) is 0 Å². The number of fused-ring (bicyclic) bond motifs is 2. The van der Waals surface area contributed by atoms with E-state index < -0.39 is 0 Å². The Morgan fingerprint density at radius 3 is 2.95 bits per heavy atom. The van der Waals surface area contributed by atoms with Crippen LogP contribution in [0.2, 0.25) is 0 Å². The van der Waals surface area contributed by atoms with Gasteiger partial charge in [-0.1, -0.05) is 0 Å². The molecule has 100 valence electrons. The van der Waals surface area contributed by atoms with E-state index in [1.807, 2.05) is 6.92 Å². The van der Waals surface area contributed by atoms with Gasteiger partial charge < -0.3 is 0 Å². The molecule has 0 bridgehead atoms. The Bertz CT molecular complexity index is 784. The van der Waals surface area contributed by atoms with E-state index in [0.29, 0.717) is 34.8 Å². The molecule has 1 aromatic carbocycles. The van der Waals surface area contributed by atoms with Crippen molar-refractivity contribution in [3.05, 3.63) is 40.3 Å². The van der Waals surface area contributed by atoms with Gasteiger partial charge in [-0.2, -0.15) is 0 Å². The summed E-state index contributed by atoms with van der Waals surface area (Å²) < 4.78 is 20.3.